The van der Waals surface area contributed by atoms with Gasteiger partial charge in [0.05, 0.1) is 18.8 Å². The number of hydrogen-bond donors (Lipinski definition) is 1. The van der Waals surface area contributed by atoms with Crippen LogP contribution in [0.4, 0.5) is 0 Å². The summed E-state index contributed by atoms with van der Waals surface area (Å²) in [6.07, 6.45) is 3.89. The molecule has 0 amide bonds. The molecule has 1 aromatic heterocycles. The normalized spacial score (nSPS) is 13.2. The Kier molecular flexibility index (Phi) is 3.92. The molecule has 0 spiro atoms. The van der Waals surface area contributed by atoms with Gasteiger partial charge in [-0.15, -0.1) is 0 Å². The second-order valence-corrected chi connectivity index (χ2v) is 3.16. The van der Waals surface area contributed by atoms with Crippen LogP contribution in [0.2, 0.25) is 0 Å². The van der Waals surface area contributed by atoms with Gasteiger partial charge in [-0.05, 0) is 19.5 Å². The quantitative estimate of drug-likeness (QED) is 0.726. The van der Waals surface area contributed by atoms with Crippen molar-refractivity contribution in [1.82, 2.24) is 15.1 Å². The van der Waals surface area contributed by atoms with Gasteiger partial charge >= 0.3 is 0 Å². The lowest BCUT2D eigenvalue weighted by Crippen LogP contribution is -2.26. The Labute approximate surface area is 78.9 Å². The molecule has 1 N–H and O–H groups in total. The van der Waals surface area contributed by atoms with E-state index in [0.29, 0.717) is 6.61 Å². The molecule has 74 valence electrons. The molecule has 1 atom stereocenters. The van der Waals surface area contributed by atoms with Crippen LogP contribution in [0.25, 0.3) is 0 Å². The molecule has 0 saturated carbocycles. The van der Waals surface area contributed by atoms with E-state index in [0.717, 1.165) is 6.54 Å². The maximum atomic E-state index is 5.12. The Hall–Kier alpha value is -0.870. The molecule has 1 rings (SSSR count). The molecule has 0 bridgehead atoms. The second kappa shape index (κ2) is 4.99. The monoisotopic (exact) mass is 183 g/mol. The van der Waals surface area contributed by atoms with Crippen molar-refractivity contribution in [1.29, 1.82) is 0 Å². The lowest BCUT2D eigenvalue weighted by atomic mass is 10.3. The van der Waals surface area contributed by atoms with Crippen molar-refractivity contribution in [2.24, 2.45) is 0 Å². The summed E-state index contributed by atoms with van der Waals surface area (Å²) in [6, 6.07) is 0.281. The highest BCUT2D eigenvalue weighted by atomic mass is 16.5. The third-order valence-electron chi connectivity index (χ3n) is 1.90. The van der Waals surface area contributed by atoms with Crippen molar-refractivity contribution in [3.63, 3.8) is 0 Å². The summed E-state index contributed by atoms with van der Waals surface area (Å²) < 4.78 is 7.06. The van der Waals surface area contributed by atoms with Crippen LogP contribution in [0.5, 0.6) is 0 Å². The third kappa shape index (κ3) is 2.82. The van der Waals surface area contributed by atoms with E-state index < -0.39 is 0 Å². The van der Waals surface area contributed by atoms with Crippen molar-refractivity contribution in [2.75, 3.05) is 27.3 Å². The largest absolute Gasteiger partial charge is 0.382 e. The average molecular weight is 183 g/mol. The first kappa shape index (κ1) is 10.2. The summed E-state index contributed by atoms with van der Waals surface area (Å²) in [7, 11) is 3.64. The van der Waals surface area contributed by atoms with E-state index in [1.54, 1.807) is 7.11 Å². The molecule has 0 aliphatic rings. The molecule has 13 heavy (non-hydrogen) atoms. The number of rotatable bonds is 5. The Morgan fingerprint density at radius 2 is 2.46 bits per heavy atom. The van der Waals surface area contributed by atoms with Crippen molar-refractivity contribution >= 4 is 0 Å². The van der Waals surface area contributed by atoms with Gasteiger partial charge in [-0.25, -0.2) is 0 Å². The zero-order valence-electron chi connectivity index (χ0n) is 8.45. The highest BCUT2D eigenvalue weighted by Crippen LogP contribution is 2.05. The minimum atomic E-state index is 0.281. The van der Waals surface area contributed by atoms with Gasteiger partial charge in [0.2, 0.25) is 0 Å². The van der Waals surface area contributed by atoms with Crippen molar-refractivity contribution in [3.05, 3.63) is 18.0 Å². The number of methoxy groups -OCH3 is 1. The predicted octanol–water partition coefficient (Wildman–Crippen LogP) is 0.598. The van der Waals surface area contributed by atoms with Crippen LogP contribution < -0.4 is 5.32 Å². The molecule has 4 nitrogen and oxygen atoms in total. The van der Waals surface area contributed by atoms with E-state index >= 15 is 0 Å². The smallest absolute Gasteiger partial charge is 0.0876 e. The lowest BCUT2D eigenvalue weighted by molar-refractivity contribution is 0.149. The standard InChI is InChI=1S/C9H17N3O/c1-8-4-11-12(6-8)9(5-10-2)7-13-3/h4,6,9-10H,5,7H2,1-3H3. The molecule has 0 aliphatic carbocycles. The molecular weight excluding hydrogens is 166 g/mol. The van der Waals surface area contributed by atoms with Gasteiger partial charge in [-0.1, -0.05) is 0 Å². The minimum absolute atomic E-state index is 0.281. The summed E-state index contributed by atoms with van der Waals surface area (Å²) in [5.41, 5.74) is 1.18. The number of nitrogens with zero attached hydrogens (tertiary/aromatic N) is 2. The van der Waals surface area contributed by atoms with Gasteiger partial charge in [-0.3, -0.25) is 4.68 Å². The Morgan fingerprint density at radius 1 is 1.69 bits per heavy atom. The minimum Gasteiger partial charge on any atom is -0.382 e. The first-order valence-electron chi connectivity index (χ1n) is 4.42. The zero-order valence-corrected chi connectivity index (χ0v) is 8.45. The Balaban J connectivity index is 2.63. The molecule has 1 heterocycles. The fourth-order valence-corrected chi connectivity index (χ4v) is 1.29. The van der Waals surface area contributed by atoms with Crippen LogP contribution in [-0.2, 0) is 4.74 Å². The first-order valence-corrected chi connectivity index (χ1v) is 4.42. The van der Waals surface area contributed by atoms with Gasteiger partial charge in [0.25, 0.3) is 0 Å². The average Bonchev–Trinajstić information content (AvgIpc) is 2.51. The molecule has 1 aromatic rings. The predicted molar refractivity (Wildman–Crippen MR) is 51.8 cm³/mol. The third-order valence-corrected chi connectivity index (χ3v) is 1.90. The molecule has 0 fully saturated rings. The number of aryl methyl sites for hydroxylation is 1. The SMILES string of the molecule is CNCC(COC)n1cc(C)cn1. The molecule has 4 heteroatoms. The highest BCUT2D eigenvalue weighted by Gasteiger charge is 2.09. The van der Waals surface area contributed by atoms with Crippen molar-refractivity contribution in [3.8, 4) is 0 Å². The summed E-state index contributed by atoms with van der Waals surface area (Å²) in [6.45, 7) is 3.59. The van der Waals surface area contributed by atoms with Crippen LogP contribution in [-0.4, -0.2) is 37.1 Å². The maximum Gasteiger partial charge on any atom is 0.0876 e. The number of likely N-dealkylation sites (N-methyl/N-ethyl adjacent to an activating group) is 1. The van der Waals surface area contributed by atoms with E-state index in [1.807, 2.05) is 31.0 Å². The Morgan fingerprint density at radius 3 is 2.92 bits per heavy atom. The van der Waals surface area contributed by atoms with Crippen LogP contribution in [0.1, 0.15) is 11.6 Å². The summed E-state index contributed by atoms with van der Waals surface area (Å²) in [5, 5.41) is 7.37. The number of ether oxygens (including phenoxy) is 1. The first-order chi connectivity index (χ1) is 6.27. The molecular formula is C9H17N3O. The van der Waals surface area contributed by atoms with E-state index in [4.69, 9.17) is 4.74 Å². The van der Waals surface area contributed by atoms with E-state index in [2.05, 4.69) is 10.4 Å². The topological polar surface area (TPSA) is 39.1 Å². The maximum absolute atomic E-state index is 5.12. The summed E-state index contributed by atoms with van der Waals surface area (Å²) in [4.78, 5) is 0. The van der Waals surface area contributed by atoms with Gasteiger partial charge < -0.3 is 10.1 Å². The van der Waals surface area contributed by atoms with Gasteiger partial charge in [0.15, 0.2) is 0 Å². The zero-order chi connectivity index (χ0) is 9.68. The van der Waals surface area contributed by atoms with Crippen LogP contribution >= 0.6 is 0 Å². The molecule has 0 saturated heterocycles. The second-order valence-electron chi connectivity index (χ2n) is 3.16. The van der Waals surface area contributed by atoms with Crippen LogP contribution in [0, 0.1) is 6.92 Å². The number of nitrogens with one attached hydrogen (secondary N) is 1. The van der Waals surface area contributed by atoms with Crippen molar-refractivity contribution < 1.29 is 4.74 Å². The number of aromatic nitrogens is 2. The van der Waals surface area contributed by atoms with Gasteiger partial charge in [0.1, 0.15) is 0 Å². The summed E-state index contributed by atoms with van der Waals surface area (Å²) >= 11 is 0. The number of hydrogen-bond acceptors (Lipinski definition) is 3. The fourth-order valence-electron chi connectivity index (χ4n) is 1.29. The lowest BCUT2D eigenvalue weighted by Gasteiger charge is -2.15. The van der Waals surface area contributed by atoms with Gasteiger partial charge in [0, 0.05) is 19.9 Å². The van der Waals surface area contributed by atoms with E-state index in [1.165, 1.54) is 5.56 Å². The van der Waals surface area contributed by atoms with Crippen LogP contribution in [0.3, 0.4) is 0 Å². The van der Waals surface area contributed by atoms with Crippen molar-refractivity contribution in [2.45, 2.75) is 13.0 Å². The van der Waals surface area contributed by atoms with Gasteiger partial charge in [-0.2, -0.15) is 5.10 Å². The molecule has 0 aliphatic heterocycles. The van der Waals surface area contributed by atoms with E-state index in [-0.39, 0.29) is 6.04 Å². The van der Waals surface area contributed by atoms with E-state index in [9.17, 15) is 0 Å². The fraction of sp³-hybridized carbons (Fsp3) is 0.667. The molecule has 0 radical (unpaired) electrons. The van der Waals surface area contributed by atoms with Crippen LogP contribution in [0.15, 0.2) is 12.4 Å². The molecule has 1 unspecified atom stereocenters. The highest BCUT2D eigenvalue weighted by molar-refractivity contribution is 5.00. The summed E-state index contributed by atoms with van der Waals surface area (Å²) in [5.74, 6) is 0. The Bertz CT molecular complexity index is 241. The molecule has 0 aromatic carbocycles.